The third-order valence-corrected chi connectivity index (χ3v) is 3.48. The number of hydrogen-bond donors (Lipinski definition) is 1. The largest absolute Gasteiger partial charge is 0.324 e. The second-order valence-electron chi connectivity index (χ2n) is 2.90. The zero-order chi connectivity index (χ0) is 9.30. The van der Waals surface area contributed by atoms with Crippen molar-refractivity contribution in [2.24, 2.45) is 5.73 Å². The smallest absolute Gasteiger partial charge is 0.0266 e. The molecule has 1 atom stereocenters. The molecule has 0 fully saturated rings. The molecule has 66 valence electrons. The normalized spacial score (nSPS) is 13.1. The summed E-state index contributed by atoms with van der Waals surface area (Å²) < 4.78 is 2.20. The number of hydrogen-bond acceptors (Lipinski definition) is 1. The quantitative estimate of drug-likeness (QED) is 0.842. The summed E-state index contributed by atoms with van der Waals surface area (Å²) in [6.45, 7) is 4.03. The van der Waals surface area contributed by atoms with Crippen LogP contribution in [0.3, 0.4) is 0 Å². The fourth-order valence-corrected chi connectivity index (χ4v) is 2.15. The number of benzene rings is 1. The Kier molecular flexibility index (Phi) is 3.32. The standard InChI is InChI=1S/C9H11Br2N/c1-5-8(10)3-7(6(2)12)4-9(5)11/h3-4,6H,12H2,1-2H3/t6-/m0/s1. The van der Waals surface area contributed by atoms with Crippen LogP contribution in [0.5, 0.6) is 0 Å². The van der Waals surface area contributed by atoms with Crippen LogP contribution in [-0.2, 0) is 0 Å². The van der Waals surface area contributed by atoms with Crippen LogP contribution >= 0.6 is 31.9 Å². The minimum absolute atomic E-state index is 0.0817. The van der Waals surface area contributed by atoms with Crippen molar-refractivity contribution in [1.82, 2.24) is 0 Å². The molecule has 3 heteroatoms. The van der Waals surface area contributed by atoms with Gasteiger partial charge in [0.05, 0.1) is 0 Å². The molecule has 0 unspecified atom stereocenters. The van der Waals surface area contributed by atoms with Crippen molar-refractivity contribution in [3.63, 3.8) is 0 Å². The topological polar surface area (TPSA) is 26.0 Å². The summed E-state index contributed by atoms with van der Waals surface area (Å²) in [5, 5.41) is 0. The molecule has 0 radical (unpaired) electrons. The molecule has 1 nitrogen and oxygen atoms in total. The third-order valence-electron chi connectivity index (χ3n) is 1.83. The van der Waals surface area contributed by atoms with Crippen LogP contribution in [0.1, 0.15) is 24.1 Å². The summed E-state index contributed by atoms with van der Waals surface area (Å²) in [5.74, 6) is 0. The SMILES string of the molecule is Cc1c(Br)cc([C@H](C)N)cc1Br. The van der Waals surface area contributed by atoms with Crippen LogP contribution in [0.4, 0.5) is 0 Å². The second-order valence-corrected chi connectivity index (χ2v) is 4.61. The van der Waals surface area contributed by atoms with Crippen LogP contribution in [0.25, 0.3) is 0 Å². The fourth-order valence-electron chi connectivity index (χ4n) is 0.928. The lowest BCUT2D eigenvalue weighted by Gasteiger charge is -2.09. The van der Waals surface area contributed by atoms with E-state index in [-0.39, 0.29) is 6.04 Å². The molecule has 0 aliphatic heterocycles. The Morgan fingerprint density at radius 2 is 1.67 bits per heavy atom. The van der Waals surface area contributed by atoms with E-state index in [2.05, 4.69) is 50.9 Å². The summed E-state index contributed by atoms with van der Waals surface area (Å²) >= 11 is 6.96. The lowest BCUT2D eigenvalue weighted by Crippen LogP contribution is -2.05. The fraction of sp³-hybridized carbons (Fsp3) is 0.333. The van der Waals surface area contributed by atoms with E-state index < -0.39 is 0 Å². The van der Waals surface area contributed by atoms with Gasteiger partial charge in [0.1, 0.15) is 0 Å². The number of nitrogens with two attached hydrogens (primary N) is 1. The lowest BCUT2D eigenvalue weighted by molar-refractivity contribution is 0.816. The Labute approximate surface area is 89.6 Å². The number of halogens is 2. The molecule has 0 saturated heterocycles. The molecule has 0 amide bonds. The maximum atomic E-state index is 5.76. The van der Waals surface area contributed by atoms with Crippen LogP contribution in [-0.4, -0.2) is 0 Å². The van der Waals surface area contributed by atoms with Gasteiger partial charge in [-0.1, -0.05) is 31.9 Å². The molecule has 12 heavy (non-hydrogen) atoms. The molecular weight excluding hydrogens is 282 g/mol. The Balaban J connectivity index is 3.21. The molecule has 0 aliphatic rings. The molecule has 0 aliphatic carbocycles. The third kappa shape index (κ3) is 2.09. The lowest BCUT2D eigenvalue weighted by atomic mass is 10.1. The number of rotatable bonds is 1. The average molecular weight is 293 g/mol. The van der Waals surface area contributed by atoms with E-state index >= 15 is 0 Å². The molecule has 0 bridgehead atoms. The van der Waals surface area contributed by atoms with Crippen molar-refractivity contribution in [2.45, 2.75) is 19.9 Å². The van der Waals surface area contributed by atoms with E-state index in [4.69, 9.17) is 5.73 Å². The Hall–Kier alpha value is 0.140. The summed E-state index contributed by atoms with van der Waals surface area (Å²) in [6, 6.07) is 4.20. The average Bonchev–Trinajstić information content (AvgIpc) is 1.99. The molecule has 1 aromatic rings. The Morgan fingerprint density at radius 1 is 1.25 bits per heavy atom. The van der Waals surface area contributed by atoms with E-state index in [0.717, 1.165) is 14.5 Å². The van der Waals surface area contributed by atoms with E-state index in [1.165, 1.54) is 5.56 Å². The molecule has 0 spiro atoms. The molecule has 2 N–H and O–H groups in total. The van der Waals surface area contributed by atoms with Crippen LogP contribution < -0.4 is 5.73 Å². The summed E-state index contributed by atoms with van der Waals surface area (Å²) in [5.41, 5.74) is 8.11. The van der Waals surface area contributed by atoms with Gasteiger partial charge in [0.2, 0.25) is 0 Å². The Morgan fingerprint density at radius 3 is 2.00 bits per heavy atom. The first-order chi connectivity index (χ1) is 5.52. The summed E-state index contributed by atoms with van der Waals surface area (Å²) in [6.07, 6.45) is 0. The van der Waals surface area contributed by atoms with Gasteiger partial charge in [-0.3, -0.25) is 0 Å². The maximum absolute atomic E-state index is 5.76. The van der Waals surface area contributed by atoms with Crippen molar-refractivity contribution in [3.8, 4) is 0 Å². The molecule has 1 rings (SSSR count). The zero-order valence-corrected chi connectivity index (χ0v) is 10.2. The van der Waals surface area contributed by atoms with Crippen LogP contribution in [0.15, 0.2) is 21.1 Å². The summed E-state index contributed by atoms with van der Waals surface area (Å²) in [4.78, 5) is 0. The van der Waals surface area contributed by atoms with Crippen molar-refractivity contribution < 1.29 is 0 Å². The van der Waals surface area contributed by atoms with E-state index in [1.54, 1.807) is 0 Å². The first-order valence-corrected chi connectivity index (χ1v) is 5.32. The van der Waals surface area contributed by atoms with Crippen molar-refractivity contribution in [1.29, 1.82) is 0 Å². The molecule has 1 aromatic carbocycles. The molecule has 0 saturated carbocycles. The highest BCUT2D eigenvalue weighted by atomic mass is 79.9. The van der Waals surface area contributed by atoms with Gasteiger partial charge in [-0.25, -0.2) is 0 Å². The maximum Gasteiger partial charge on any atom is 0.0266 e. The van der Waals surface area contributed by atoms with Crippen LogP contribution in [0.2, 0.25) is 0 Å². The predicted molar refractivity (Wildman–Crippen MR) is 59.2 cm³/mol. The van der Waals surface area contributed by atoms with Crippen LogP contribution in [0, 0.1) is 6.92 Å². The van der Waals surface area contributed by atoms with E-state index in [0.29, 0.717) is 0 Å². The first-order valence-electron chi connectivity index (χ1n) is 3.73. The first kappa shape index (κ1) is 10.2. The van der Waals surface area contributed by atoms with Gasteiger partial charge in [-0.05, 0) is 37.1 Å². The van der Waals surface area contributed by atoms with Gasteiger partial charge < -0.3 is 5.73 Å². The van der Waals surface area contributed by atoms with Crippen molar-refractivity contribution in [2.75, 3.05) is 0 Å². The minimum Gasteiger partial charge on any atom is -0.324 e. The van der Waals surface area contributed by atoms with Crippen molar-refractivity contribution in [3.05, 3.63) is 32.2 Å². The van der Waals surface area contributed by atoms with Gasteiger partial charge in [0.25, 0.3) is 0 Å². The molecular formula is C9H11Br2N. The highest BCUT2D eigenvalue weighted by molar-refractivity contribution is 9.11. The van der Waals surface area contributed by atoms with Gasteiger partial charge >= 0.3 is 0 Å². The van der Waals surface area contributed by atoms with Crippen molar-refractivity contribution >= 4 is 31.9 Å². The van der Waals surface area contributed by atoms with Gasteiger partial charge in [-0.15, -0.1) is 0 Å². The Bertz CT molecular complexity index is 272. The second kappa shape index (κ2) is 3.90. The van der Waals surface area contributed by atoms with Gasteiger partial charge in [0.15, 0.2) is 0 Å². The highest BCUT2D eigenvalue weighted by Crippen LogP contribution is 2.28. The minimum atomic E-state index is 0.0817. The molecule has 0 heterocycles. The van der Waals surface area contributed by atoms with E-state index in [1.807, 2.05) is 6.92 Å². The van der Waals surface area contributed by atoms with E-state index in [9.17, 15) is 0 Å². The monoisotopic (exact) mass is 291 g/mol. The van der Waals surface area contributed by atoms with Gasteiger partial charge in [0, 0.05) is 15.0 Å². The molecule has 0 aromatic heterocycles. The zero-order valence-electron chi connectivity index (χ0n) is 7.07. The highest BCUT2D eigenvalue weighted by Gasteiger charge is 2.05. The van der Waals surface area contributed by atoms with Gasteiger partial charge in [-0.2, -0.15) is 0 Å². The summed E-state index contributed by atoms with van der Waals surface area (Å²) in [7, 11) is 0. The predicted octanol–water partition coefficient (Wildman–Crippen LogP) is 3.54.